The van der Waals surface area contributed by atoms with E-state index in [4.69, 9.17) is 11.6 Å². The van der Waals surface area contributed by atoms with Gasteiger partial charge in [0.25, 0.3) is 0 Å². The zero-order valence-corrected chi connectivity index (χ0v) is 22.4. The van der Waals surface area contributed by atoms with Crippen LogP contribution in [-0.4, -0.2) is 0 Å². The van der Waals surface area contributed by atoms with Crippen LogP contribution in [-0.2, 0) is 0 Å². The number of rotatable bonds is 7. The Hall–Kier alpha value is -0.450. The van der Waals surface area contributed by atoms with Crippen molar-refractivity contribution in [2.75, 3.05) is 0 Å². The van der Waals surface area contributed by atoms with E-state index >= 15 is 0 Å². The summed E-state index contributed by atoms with van der Waals surface area (Å²) in [4.78, 5) is 0. The summed E-state index contributed by atoms with van der Waals surface area (Å²) in [5.41, 5.74) is 5.74. The van der Waals surface area contributed by atoms with Crippen molar-refractivity contribution in [2.45, 2.75) is 112 Å². The lowest BCUT2D eigenvalue weighted by atomic mass is 9.46. The Morgan fingerprint density at radius 2 is 1.88 bits per heavy atom. The standard InChI is InChI=1S/C31H49Cl/c1-7-25(32)20-23-15-17-30(5)24(19-23)11-12-26-28-14-13-27(22(4)10-8-9-21(2)3)31(28,6)18-16-29(26)30/h11,21-23,26-29H,1,8-10,12-20H2,2-6H3. The summed E-state index contributed by atoms with van der Waals surface area (Å²) in [5, 5.41) is 0.834. The van der Waals surface area contributed by atoms with Crippen molar-refractivity contribution in [3.8, 4) is 0 Å². The number of halogens is 1. The van der Waals surface area contributed by atoms with Gasteiger partial charge in [-0.05, 0) is 110 Å². The second kappa shape index (κ2) is 9.66. The molecule has 0 aliphatic heterocycles. The SMILES string of the molecule is C=C=C(Cl)CC1CCC2(C)C(=CCC3C2CCC2(C)C(C(C)CCCC(C)C)CCC32)C1. The van der Waals surface area contributed by atoms with Gasteiger partial charge in [-0.2, -0.15) is 0 Å². The monoisotopic (exact) mass is 456 g/mol. The van der Waals surface area contributed by atoms with Gasteiger partial charge in [-0.3, -0.25) is 0 Å². The van der Waals surface area contributed by atoms with Gasteiger partial charge in [-0.1, -0.05) is 83.7 Å². The van der Waals surface area contributed by atoms with Gasteiger partial charge in [0.2, 0.25) is 0 Å². The van der Waals surface area contributed by atoms with Crippen molar-refractivity contribution in [1.29, 1.82) is 0 Å². The van der Waals surface area contributed by atoms with Crippen molar-refractivity contribution in [1.82, 2.24) is 0 Å². The van der Waals surface area contributed by atoms with E-state index in [0.717, 1.165) is 47.0 Å². The summed E-state index contributed by atoms with van der Waals surface area (Å²) in [6.45, 7) is 16.4. The van der Waals surface area contributed by atoms with Gasteiger partial charge in [0.05, 0.1) is 5.03 Å². The number of allylic oxidation sites excluding steroid dienone is 3. The summed E-state index contributed by atoms with van der Waals surface area (Å²) < 4.78 is 0. The van der Waals surface area contributed by atoms with E-state index in [1.54, 1.807) is 5.57 Å². The molecule has 4 aliphatic carbocycles. The van der Waals surface area contributed by atoms with E-state index in [1.807, 2.05) is 0 Å². The highest BCUT2D eigenvalue weighted by Gasteiger charge is 2.59. The van der Waals surface area contributed by atoms with Crippen molar-refractivity contribution < 1.29 is 0 Å². The minimum Gasteiger partial charge on any atom is -0.113 e. The number of fused-ring (bicyclic) bond motifs is 5. The Balaban J connectivity index is 1.46. The highest BCUT2D eigenvalue weighted by molar-refractivity contribution is 6.29. The molecule has 1 heteroatoms. The third kappa shape index (κ3) is 4.45. The second-order valence-electron chi connectivity index (χ2n) is 13.2. The minimum absolute atomic E-state index is 0.450. The highest BCUT2D eigenvalue weighted by atomic mass is 35.5. The van der Waals surface area contributed by atoms with Gasteiger partial charge < -0.3 is 0 Å². The Labute approximate surface area is 204 Å². The van der Waals surface area contributed by atoms with E-state index in [9.17, 15) is 0 Å². The maximum Gasteiger partial charge on any atom is 0.0594 e. The van der Waals surface area contributed by atoms with Crippen LogP contribution in [0.4, 0.5) is 0 Å². The van der Waals surface area contributed by atoms with Crippen molar-refractivity contribution in [3.63, 3.8) is 0 Å². The van der Waals surface area contributed by atoms with Crippen LogP contribution in [0.2, 0.25) is 0 Å². The molecule has 0 radical (unpaired) electrons. The van der Waals surface area contributed by atoms with Gasteiger partial charge >= 0.3 is 0 Å². The van der Waals surface area contributed by atoms with Gasteiger partial charge in [0.1, 0.15) is 0 Å². The van der Waals surface area contributed by atoms with Crippen LogP contribution in [0.25, 0.3) is 0 Å². The van der Waals surface area contributed by atoms with Crippen molar-refractivity contribution >= 4 is 11.6 Å². The molecule has 180 valence electrons. The van der Waals surface area contributed by atoms with Gasteiger partial charge in [-0.15, -0.1) is 5.73 Å². The zero-order chi connectivity index (χ0) is 23.1. The molecule has 0 spiro atoms. The first kappa shape index (κ1) is 24.7. The summed E-state index contributed by atoms with van der Waals surface area (Å²) in [6, 6.07) is 0. The Morgan fingerprint density at radius 3 is 2.59 bits per heavy atom. The molecule has 0 nitrogen and oxygen atoms in total. The molecule has 8 atom stereocenters. The van der Waals surface area contributed by atoms with Crippen LogP contribution < -0.4 is 0 Å². The maximum atomic E-state index is 6.31. The van der Waals surface area contributed by atoms with Gasteiger partial charge in [-0.25, -0.2) is 0 Å². The first-order valence-electron chi connectivity index (χ1n) is 13.9. The van der Waals surface area contributed by atoms with Crippen LogP contribution in [0.3, 0.4) is 0 Å². The third-order valence-electron chi connectivity index (χ3n) is 11.1. The summed E-state index contributed by atoms with van der Waals surface area (Å²) in [6.07, 6.45) is 19.2. The van der Waals surface area contributed by atoms with Crippen LogP contribution in [0, 0.1) is 52.3 Å². The molecule has 0 aromatic carbocycles. The summed E-state index contributed by atoms with van der Waals surface area (Å²) in [5.74, 6) is 6.23. The summed E-state index contributed by atoms with van der Waals surface area (Å²) in [7, 11) is 0. The molecule has 8 unspecified atom stereocenters. The third-order valence-corrected chi connectivity index (χ3v) is 11.4. The highest BCUT2D eigenvalue weighted by Crippen LogP contribution is 2.67. The van der Waals surface area contributed by atoms with Gasteiger partial charge in [0.15, 0.2) is 0 Å². The van der Waals surface area contributed by atoms with E-state index < -0.39 is 0 Å². The fourth-order valence-corrected chi connectivity index (χ4v) is 9.48. The number of hydrogen-bond acceptors (Lipinski definition) is 0. The lowest BCUT2D eigenvalue weighted by Crippen LogP contribution is -2.50. The molecular formula is C31H49Cl. The van der Waals surface area contributed by atoms with Crippen LogP contribution >= 0.6 is 11.6 Å². The molecular weight excluding hydrogens is 408 g/mol. The Bertz CT molecular complexity index is 754. The molecule has 0 saturated heterocycles. The van der Waals surface area contributed by atoms with Crippen LogP contribution in [0.5, 0.6) is 0 Å². The predicted molar refractivity (Wildman–Crippen MR) is 140 cm³/mol. The molecule has 4 aliphatic rings. The van der Waals surface area contributed by atoms with E-state index in [2.05, 4.69) is 53.0 Å². The fraction of sp³-hybridized carbons (Fsp3) is 0.839. The Kier molecular flexibility index (Phi) is 7.45. The van der Waals surface area contributed by atoms with E-state index in [0.29, 0.717) is 16.7 Å². The molecule has 0 N–H and O–H groups in total. The smallest absolute Gasteiger partial charge is 0.0594 e. The van der Waals surface area contributed by atoms with E-state index in [1.165, 1.54) is 70.6 Å². The largest absolute Gasteiger partial charge is 0.113 e. The maximum absolute atomic E-state index is 6.31. The second-order valence-corrected chi connectivity index (χ2v) is 13.6. The van der Waals surface area contributed by atoms with Crippen LogP contribution in [0.15, 0.2) is 29.0 Å². The average molecular weight is 457 g/mol. The lowest BCUT2D eigenvalue weighted by Gasteiger charge is -2.58. The van der Waals surface area contributed by atoms with Crippen LogP contribution in [0.1, 0.15) is 112 Å². The molecule has 32 heavy (non-hydrogen) atoms. The normalized spacial score (nSPS) is 41.8. The van der Waals surface area contributed by atoms with Gasteiger partial charge in [0, 0.05) is 0 Å². The topological polar surface area (TPSA) is 0 Å². The molecule has 3 saturated carbocycles. The molecule has 0 bridgehead atoms. The predicted octanol–water partition coefficient (Wildman–Crippen LogP) is 9.94. The zero-order valence-electron chi connectivity index (χ0n) is 21.7. The minimum atomic E-state index is 0.450. The molecule has 0 aromatic rings. The average Bonchev–Trinajstić information content (AvgIpc) is 3.11. The van der Waals surface area contributed by atoms with E-state index in [-0.39, 0.29) is 0 Å². The molecule has 4 rings (SSSR count). The quantitative estimate of drug-likeness (QED) is 0.264. The molecule has 3 fully saturated rings. The first-order chi connectivity index (χ1) is 15.2. The Morgan fingerprint density at radius 1 is 1.09 bits per heavy atom. The first-order valence-corrected chi connectivity index (χ1v) is 14.3. The molecule has 0 heterocycles. The fourth-order valence-electron chi connectivity index (χ4n) is 9.26. The van der Waals surface area contributed by atoms with Crippen molar-refractivity contribution in [3.05, 3.63) is 29.0 Å². The van der Waals surface area contributed by atoms with Crippen molar-refractivity contribution in [2.24, 2.45) is 52.3 Å². The lowest BCUT2D eigenvalue weighted by molar-refractivity contribution is -0.0526. The molecule has 0 amide bonds. The summed E-state index contributed by atoms with van der Waals surface area (Å²) >= 11 is 6.31. The molecule has 0 aromatic heterocycles. The number of hydrogen-bond donors (Lipinski definition) is 0.